The molecule has 0 radical (unpaired) electrons. The van der Waals surface area contributed by atoms with E-state index in [1.54, 1.807) is 0 Å². The Balaban J connectivity index is 2.48. The highest BCUT2D eigenvalue weighted by Crippen LogP contribution is 2.24. The number of nitrogens with zero attached hydrogens (tertiary/aromatic N) is 1. The lowest BCUT2D eigenvalue weighted by molar-refractivity contribution is -0.157. The summed E-state index contributed by atoms with van der Waals surface area (Å²) in [4.78, 5) is 14.0. The Morgan fingerprint density at radius 3 is 2.61 bits per heavy atom. The summed E-state index contributed by atoms with van der Waals surface area (Å²) in [5.41, 5.74) is 5.41. The topological polar surface area (TPSA) is 55.6 Å². The third-order valence-electron chi connectivity index (χ3n) is 3.55. The van der Waals surface area contributed by atoms with Gasteiger partial charge in [-0.2, -0.15) is 0 Å². The summed E-state index contributed by atoms with van der Waals surface area (Å²) in [6.45, 7) is 9.87. The Morgan fingerprint density at radius 1 is 1.44 bits per heavy atom. The SMILES string of the molecule is CCC1CCN(CC(=O)OC(C)(C)C)C(CN)C1. The number of carbonyl (C=O) groups excluding carboxylic acids is 1. The van der Waals surface area contributed by atoms with E-state index in [4.69, 9.17) is 10.5 Å². The molecule has 1 heterocycles. The molecule has 18 heavy (non-hydrogen) atoms. The first-order valence-corrected chi connectivity index (χ1v) is 7.01. The molecular formula is C14H28N2O2. The molecule has 2 unspecified atom stereocenters. The number of ether oxygens (including phenoxy) is 1. The van der Waals surface area contributed by atoms with E-state index in [9.17, 15) is 4.79 Å². The van der Waals surface area contributed by atoms with E-state index in [0.29, 0.717) is 19.1 Å². The number of likely N-dealkylation sites (tertiary alicyclic amines) is 1. The van der Waals surface area contributed by atoms with Gasteiger partial charge < -0.3 is 10.5 Å². The van der Waals surface area contributed by atoms with Crippen LogP contribution >= 0.6 is 0 Å². The molecule has 0 spiro atoms. The van der Waals surface area contributed by atoms with Crippen molar-refractivity contribution in [2.24, 2.45) is 11.7 Å². The van der Waals surface area contributed by atoms with Gasteiger partial charge in [0.2, 0.25) is 0 Å². The maximum Gasteiger partial charge on any atom is 0.320 e. The minimum Gasteiger partial charge on any atom is -0.459 e. The van der Waals surface area contributed by atoms with Gasteiger partial charge in [0.15, 0.2) is 0 Å². The Hall–Kier alpha value is -0.610. The first-order valence-electron chi connectivity index (χ1n) is 7.01. The maximum atomic E-state index is 11.8. The van der Waals surface area contributed by atoms with Crippen molar-refractivity contribution in [1.82, 2.24) is 4.90 Å². The summed E-state index contributed by atoms with van der Waals surface area (Å²) >= 11 is 0. The van der Waals surface area contributed by atoms with E-state index in [2.05, 4.69) is 11.8 Å². The summed E-state index contributed by atoms with van der Waals surface area (Å²) in [7, 11) is 0. The highest BCUT2D eigenvalue weighted by Gasteiger charge is 2.29. The summed E-state index contributed by atoms with van der Waals surface area (Å²) in [5.74, 6) is 0.615. The van der Waals surface area contributed by atoms with Crippen molar-refractivity contribution < 1.29 is 9.53 Å². The molecule has 0 aromatic rings. The molecule has 0 aliphatic carbocycles. The van der Waals surface area contributed by atoms with Crippen molar-refractivity contribution >= 4 is 5.97 Å². The normalized spacial score (nSPS) is 26.1. The van der Waals surface area contributed by atoms with Crippen LogP contribution in [0.15, 0.2) is 0 Å². The lowest BCUT2D eigenvalue weighted by atomic mass is 9.89. The Bertz CT molecular complexity index is 273. The van der Waals surface area contributed by atoms with Crippen LogP contribution < -0.4 is 5.73 Å². The second-order valence-corrected chi connectivity index (χ2v) is 6.25. The molecule has 0 aromatic carbocycles. The molecule has 0 saturated carbocycles. The number of hydrogen-bond donors (Lipinski definition) is 1. The zero-order valence-electron chi connectivity index (χ0n) is 12.2. The molecule has 1 fully saturated rings. The first kappa shape index (κ1) is 15.4. The van der Waals surface area contributed by atoms with Crippen LogP contribution in [0.4, 0.5) is 0 Å². The average Bonchev–Trinajstić information content (AvgIpc) is 2.27. The fourth-order valence-corrected chi connectivity index (χ4v) is 2.55. The van der Waals surface area contributed by atoms with Gasteiger partial charge in [-0.1, -0.05) is 13.3 Å². The van der Waals surface area contributed by atoms with Crippen molar-refractivity contribution in [3.63, 3.8) is 0 Å². The van der Waals surface area contributed by atoms with Gasteiger partial charge in [0.25, 0.3) is 0 Å². The zero-order chi connectivity index (χ0) is 13.8. The molecule has 2 atom stereocenters. The third kappa shape index (κ3) is 4.94. The van der Waals surface area contributed by atoms with Crippen LogP contribution in [-0.2, 0) is 9.53 Å². The van der Waals surface area contributed by atoms with Crippen LogP contribution in [0.2, 0.25) is 0 Å². The van der Waals surface area contributed by atoms with Crippen LogP contribution in [0.25, 0.3) is 0 Å². The first-order chi connectivity index (χ1) is 8.35. The molecule has 2 N–H and O–H groups in total. The molecule has 0 bridgehead atoms. The average molecular weight is 256 g/mol. The fourth-order valence-electron chi connectivity index (χ4n) is 2.55. The molecule has 1 aliphatic heterocycles. The van der Waals surface area contributed by atoms with E-state index >= 15 is 0 Å². The lowest BCUT2D eigenvalue weighted by Crippen LogP contribution is -2.49. The number of piperidine rings is 1. The van der Waals surface area contributed by atoms with Crippen LogP contribution in [0, 0.1) is 5.92 Å². The monoisotopic (exact) mass is 256 g/mol. The Labute approximate surface area is 111 Å². The van der Waals surface area contributed by atoms with E-state index in [0.717, 1.165) is 25.3 Å². The van der Waals surface area contributed by atoms with Crippen molar-refractivity contribution in [2.75, 3.05) is 19.6 Å². The van der Waals surface area contributed by atoms with Crippen LogP contribution in [0.1, 0.15) is 47.0 Å². The molecule has 106 valence electrons. The molecule has 1 rings (SSSR count). The predicted octanol–water partition coefficient (Wildman–Crippen LogP) is 1.78. The van der Waals surface area contributed by atoms with Crippen molar-refractivity contribution in [2.45, 2.75) is 58.6 Å². The van der Waals surface area contributed by atoms with E-state index in [1.165, 1.54) is 6.42 Å². The minimum absolute atomic E-state index is 0.143. The van der Waals surface area contributed by atoms with E-state index in [1.807, 2.05) is 20.8 Å². The second-order valence-electron chi connectivity index (χ2n) is 6.25. The van der Waals surface area contributed by atoms with Crippen molar-refractivity contribution in [3.8, 4) is 0 Å². The maximum absolute atomic E-state index is 11.8. The lowest BCUT2D eigenvalue weighted by Gasteiger charge is -2.38. The molecular weight excluding hydrogens is 228 g/mol. The van der Waals surface area contributed by atoms with Gasteiger partial charge in [-0.15, -0.1) is 0 Å². The molecule has 1 saturated heterocycles. The van der Waals surface area contributed by atoms with Crippen LogP contribution in [0.3, 0.4) is 0 Å². The Kier molecular flexibility index (Phi) is 5.60. The zero-order valence-corrected chi connectivity index (χ0v) is 12.2. The molecule has 4 heteroatoms. The highest BCUT2D eigenvalue weighted by atomic mass is 16.6. The van der Waals surface area contributed by atoms with Gasteiger partial charge in [0.1, 0.15) is 5.60 Å². The van der Waals surface area contributed by atoms with Crippen LogP contribution in [-0.4, -0.2) is 42.1 Å². The van der Waals surface area contributed by atoms with E-state index < -0.39 is 5.60 Å². The quantitative estimate of drug-likeness (QED) is 0.779. The molecule has 1 aliphatic rings. The number of hydrogen-bond acceptors (Lipinski definition) is 4. The predicted molar refractivity (Wildman–Crippen MR) is 73.3 cm³/mol. The Morgan fingerprint density at radius 2 is 2.11 bits per heavy atom. The number of esters is 1. The smallest absolute Gasteiger partial charge is 0.320 e. The largest absolute Gasteiger partial charge is 0.459 e. The van der Waals surface area contributed by atoms with Gasteiger partial charge in [0, 0.05) is 12.6 Å². The summed E-state index contributed by atoms with van der Waals surface area (Å²) in [5, 5.41) is 0. The summed E-state index contributed by atoms with van der Waals surface area (Å²) < 4.78 is 5.37. The second kappa shape index (κ2) is 6.53. The van der Waals surface area contributed by atoms with Gasteiger partial charge in [-0.25, -0.2) is 0 Å². The third-order valence-corrected chi connectivity index (χ3v) is 3.55. The summed E-state index contributed by atoms with van der Waals surface area (Å²) in [6.07, 6.45) is 3.47. The van der Waals surface area contributed by atoms with Gasteiger partial charge in [-0.3, -0.25) is 9.69 Å². The highest BCUT2D eigenvalue weighted by molar-refractivity contribution is 5.72. The molecule has 4 nitrogen and oxygen atoms in total. The van der Waals surface area contributed by atoms with Gasteiger partial charge in [-0.05, 0) is 46.1 Å². The van der Waals surface area contributed by atoms with Gasteiger partial charge in [0.05, 0.1) is 6.54 Å². The number of nitrogens with two attached hydrogens (primary N) is 1. The van der Waals surface area contributed by atoms with Crippen LogP contribution in [0.5, 0.6) is 0 Å². The fraction of sp³-hybridized carbons (Fsp3) is 0.929. The van der Waals surface area contributed by atoms with E-state index in [-0.39, 0.29) is 5.97 Å². The summed E-state index contributed by atoms with van der Waals surface area (Å²) in [6, 6.07) is 0.330. The van der Waals surface area contributed by atoms with Gasteiger partial charge >= 0.3 is 5.97 Å². The molecule has 0 amide bonds. The number of rotatable bonds is 4. The minimum atomic E-state index is -0.406. The standard InChI is InChI=1S/C14H28N2O2/c1-5-11-6-7-16(12(8-11)9-15)10-13(17)18-14(2,3)4/h11-12H,5-10,15H2,1-4H3. The molecule has 0 aromatic heterocycles. The van der Waals surface area contributed by atoms with Crippen molar-refractivity contribution in [3.05, 3.63) is 0 Å². The number of carbonyl (C=O) groups is 1. The van der Waals surface area contributed by atoms with Crippen molar-refractivity contribution in [1.29, 1.82) is 0 Å².